The Labute approximate surface area is 184 Å². The zero-order valence-corrected chi connectivity index (χ0v) is 18.3. The van der Waals surface area contributed by atoms with Gasteiger partial charge < -0.3 is 4.90 Å². The number of pyridine rings is 1. The van der Waals surface area contributed by atoms with Crippen LogP contribution in [0.5, 0.6) is 0 Å². The monoisotopic (exact) mass is 445 g/mol. The van der Waals surface area contributed by atoms with Crippen LogP contribution < -0.4 is 4.90 Å². The topological polar surface area (TPSA) is 63.0 Å². The first kappa shape index (κ1) is 22.2. The molecule has 0 radical (unpaired) electrons. The normalized spacial score (nSPS) is 16.9. The highest BCUT2D eigenvalue weighted by Crippen LogP contribution is 2.33. The van der Waals surface area contributed by atoms with E-state index in [9.17, 15) is 13.2 Å². The highest BCUT2D eigenvalue weighted by atomic mass is 19.4. The van der Waals surface area contributed by atoms with Crippen molar-refractivity contribution in [3.05, 3.63) is 65.7 Å². The number of piperazine rings is 1. The van der Waals surface area contributed by atoms with Crippen molar-refractivity contribution in [2.75, 3.05) is 31.1 Å². The molecule has 0 unspecified atom stereocenters. The molecule has 1 saturated heterocycles. The van der Waals surface area contributed by atoms with Gasteiger partial charge in [0.25, 0.3) is 0 Å². The molecule has 1 aliphatic heterocycles. The molecule has 1 atom stereocenters. The van der Waals surface area contributed by atoms with Gasteiger partial charge in [-0.3, -0.25) is 9.88 Å². The molecular formula is C22H26F3N7. The maximum atomic E-state index is 13.1. The molecule has 0 saturated carbocycles. The number of halogens is 3. The number of hydrogen-bond acceptors (Lipinski definition) is 6. The number of nitrogens with zero attached hydrogens (tertiary/aromatic N) is 7. The van der Waals surface area contributed by atoms with Crippen molar-refractivity contribution in [1.82, 2.24) is 30.1 Å². The number of tetrazole rings is 1. The average Bonchev–Trinajstić information content (AvgIpc) is 3.25. The van der Waals surface area contributed by atoms with E-state index in [1.807, 2.05) is 48.7 Å². The van der Waals surface area contributed by atoms with Gasteiger partial charge in [0.05, 0.1) is 17.1 Å². The van der Waals surface area contributed by atoms with Gasteiger partial charge in [-0.15, -0.1) is 5.10 Å². The van der Waals surface area contributed by atoms with Crippen molar-refractivity contribution >= 4 is 5.69 Å². The molecule has 3 heterocycles. The standard InChI is InChI=1S/C22H26F3N7/c1-21(2,3)32-20(27-28-29-32)19(16-6-5-9-26-15-16)31-12-10-30(11-13-31)18-8-4-7-17(14-18)22(23,24)25/h4-9,14-15,19H,10-13H2,1-3H3/t19-/m1/s1. The number of benzene rings is 1. The molecule has 1 aliphatic rings. The number of hydrogen-bond donors (Lipinski definition) is 0. The first-order valence-corrected chi connectivity index (χ1v) is 10.5. The van der Waals surface area contributed by atoms with Gasteiger partial charge in [-0.05, 0) is 61.0 Å². The van der Waals surface area contributed by atoms with Gasteiger partial charge in [0.15, 0.2) is 5.82 Å². The SMILES string of the molecule is CC(C)(C)n1nnnc1[C@@H](c1cccnc1)N1CCN(c2cccc(C(F)(F)F)c2)CC1. The molecule has 0 spiro atoms. The van der Waals surface area contributed by atoms with Gasteiger partial charge in [-0.1, -0.05) is 12.1 Å². The lowest BCUT2D eigenvalue weighted by Crippen LogP contribution is -2.48. The van der Waals surface area contributed by atoms with Crippen LogP contribution in [-0.4, -0.2) is 56.3 Å². The minimum Gasteiger partial charge on any atom is -0.369 e. The molecule has 10 heteroatoms. The second kappa shape index (κ2) is 8.50. The molecule has 1 fully saturated rings. The predicted octanol–water partition coefficient (Wildman–Crippen LogP) is 3.75. The van der Waals surface area contributed by atoms with Crippen LogP contribution in [0.15, 0.2) is 48.8 Å². The van der Waals surface area contributed by atoms with E-state index in [0.717, 1.165) is 17.5 Å². The van der Waals surface area contributed by atoms with E-state index in [1.54, 1.807) is 12.3 Å². The summed E-state index contributed by atoms with van der Waals surface area (Å²) < 4.78 is 41.2. The molecule has 0 aliphatic carbocycles. The summed E-state index contributed by atoms with van der Waals surface area (Å²) in [6, 6.07) is 9.18. The molecule has 4 rings (SSSR count). The second-order valence-electron chi connectivity index (χ2n) is 8.88. The summed E-state index contributed by atoms with van der Waals surface area (Å²) in [5.74, 6) is 0.720. The number of rotatable bonds is 4. The number of alkyl halides is 3. The quantitative estimate of drug-likeness (QED) is 0.610. The van der Waals surface area contributed by atoms with Crippen LogP contribution in [0, 0.1) is 0 Å². The summed E-state index contributed by atoms with van der Waals surface area (Å²) in [4.78, 5) is 8.52. The van der Waals surface area contributed by atoms with Crippen molar-refractivity contribution in [3.8, 4) is 0 Å². The molecule has 32 heavy (non-hydrogen) atoms. The highest BCUT2D eigenvalue weighted by Gasteiger charge is 2.34. The average molecular weight is 445 g/mol. The fourth-order valence-electron chi connectivity index (χ4n) is 4.02. The first-order chi connectivity index (χ1) is 15.1. The van der Waals surface area contributed by atoms with Crippen LogP contribution in [0.3, 0.4) is 0 Å². The largest absolute Gasteiger partial charge is 0.416 e. The van der Waals surface area contributed by atoms with Crippen LogP contribution in [-0.2, 0) is 11.7 Å². The Balaban J connectivity index is 1.59. The minimum absolute atomic E-state index is 0.207. The number of anilines is 1. The zero-order chi connectivity index (χ0) is 22.9. The molecule has 2 aromatic heterocycles. The van der Waals surface area contributed by atoms with E-state index in [2.05, 4.69) is 25.4 Å². The fraction of sp³-hybridized carbons (Fsp3) is 0.455. The van der Waals surface area contributed by atoms with Crippen LogP contribution >= 0.6 is 0 Å². The maximum absolute atomic E-state index is 13.1. The third-order valence-corrected chi connectivity index (χ3v) is 5.59. The second-order valence-corrected chi connectivity index (χ2v) is 8.88. The van der Waals surface area contributed by atoms with E-state index < -0.39 is 11.7 Å². The van der Waals surface area contributed by atoms with Gasteiger partial charge in [0.1, 0.15) is 0 Å². The smallest absolute Gasteiger partial charge is 0.369 e. The van der Waals surface area contributed by atoms with Crippen LogP contribution in [0.1, 0.15) is 43.8 Å². The van der Waals surface area contributed by atoms with Gasteiger partial charge in [-0.25, -0.2) is 4.68 Å². The Bertz CT molecular complexity index is 1040. The lowest BCUT2D eigenvalue weighted by atomic mass is 10.0. The van der Waals surface area contributed by atoms with Crippen LogP contribution in [0.2, 0.25) is 0 Å². The Hall–Kier alpha value is -3.01. The van der Waals surface area contributed by atoms with Crippen molar-refractivity contribution in [3.63, 3.8) is 0 Å². The molecule has 0 bridgehead atoms. The van der Waals surface area contributed by atoms with Crippen LogP contribution in [0.4, 0.5) is 18.9 Å². The van der Waals surface area contributed by atoms with Crippen molar-refractivity contribution in [2.24, 2.45) is 0 Å². The summed E-state index contributed by atoms with van der Waals surface area (Å²) in [5, 5.41) is 12.5. The lowest BCUT2D eigenvalue weighted by molar-refractivity contribution is -0.137. The molecule has 0 amide bonds. The predicted molar refractivity (Wildman–Crippen MR) is 114 cm³/mol. The molecule has 0 N–H and O–H groups in total. The Morgan fingerprint density at radius 1 is 0.969 bits per heavy atom. The maximum Gasteiger partial charge on any atom is 0.416 e. The minimum atomic E-state index is -4.35. The summed E-state index contributed by atoms with van der Waals surface area (Å²) in [6.45, 7) is 8.60. The summed E-state index contributed by atoms with van der Waals surface area (Å²) in [7, 11) is 0. The third kappa shape index (κ3) is 4.59. The summed E-state index contributed by atoms with van der Waals surface area (Å²) in [6.07, 6.45) is -0.822. The van der Waals surface area contributed by atoms with E-state index in [-0.39, 0.29) is 11.6 Å². The van der Waals surface area contributed by atoms with Crippen molar-refractivity contribution < 1.29 is 13.2 Å². The van der Waals surface area contributed by atoms with E-state index in [1.165, 1.54) is 12.1 Å². The van der Waals surface area contributed by atoms with E-state index in [0.29, 0.717) is 31.9 Å². The summed E-state index contributed by atoms with van der Waals surface area (Å²) in [5.41, 5.74) is 0.617. The van der Waals surface area contributed by atoms with E-state index in [4.69, 9.17) is 0 Å². The van der Waals surface area contributed by atoms with Crippen LogP contribution in [0.25, 0.3) is 0 Å². The zero-order valence-electron chi connectivity index (χ0n) is 18.3. The first-order valence-electron chi connectivity index (χ1n) is 10.5. The van der Waals surface area contributed by atoms with E-state index >= 15 is 0 Å². The molecular weight excluding hydrogens is 419 g/mol. The molecule has 3 aromatic rings. The lowest BCUT2D eigenvalue weighted by Gasteiger charge is -2.40. The van der Waals surface area contributed by atoms with Gasteiger partial charge in [0, 0.05) is 44.3 Å². The Morgan fingerprint density at radius 3 is 2.34 bits per heavy atom. The van der Waals surface area contributed by atoms with Gasteiger partial charge >= 0.3 is 6.18 Å². The third-order valence-electron chi connectivity index (χ3n) is 5.59. The van der Waals surface area contributed by atoms with Crippen molar-refractivity contribution in [1.29, 1.82) is 0 Å². The highest BCUT2D eigenvalue weighted by molar-refractivity contribution is 5.49. The van der Waals surface area contributed by atoms with Crippen molar-refractivity contribution in [2.45, 2.75) is 38.5 Å². The molecule has 1 aromatic carbocycles. The van der Waals surface area contributed by atoms with Gasteiger partial charge in [0.2, 0.25) is 0 Å². The summed E-state index contributed by atoms with van der Waals surface area (Å²) >= 11 is 0. The molecule has 7 nitrogen and oxygen atoms in total. The van der Waals surface area contributed by atoms with Gasteiger partial charge in [-0.2, -0.15) is 13.2 Å². The fourth-order valence-corrected chi connectivity index (χ4v) is 4.02. The number of aromatic nitrogens is 5. The Kier molecular flexibility index (Phi) is 5.89. The molecule has 170 valence electrons. The Morgan fingerprint density at radius 2 is 1.72 bits per heavy atom.